The van der Waals surface area contributed by atoms with Crippen LogP contribution in [0.1, 0.15) is 54.6 Å². The monoisotopic (exact) mass is 526 g/mol. The van der Waals surface area contributed by atoms with Gasteiger partial charge in [0.2, 0.25) is 0 Å². The molecule has 194 valence electrons. The molecule has 0 bridgehead atoms. The van der Waals surface area contributed by atoms with E-state index in [1.807, 2.05) is 50.2 Å². The van der Waals surface area contributed by atoms with Crippen molar-refractivity contribution < 1.29 is 19.4 Å². The Labute approximate surface area is 226 Å². The fourth-order valence-electron chi connectivity index (χ4n) is 4.90. The number of amides is 1. The summed E-state index contributed by atoms with van der Waals surface area (Å²) in [7, 11) is 1.53. The van der Waals surface area contributed by atoms with Crippen molar-refractivity contribution in [2.75, 3.05) is 12.0 Å². The van der Waals surface area contributed by atoms with Crippen LogP contribution in [0, 0.1) is 13.8 Å². The van der Waals surface area contributed by atoms with E-state index >= 15 is 0 Å². The highest BCUT2D eigenvalue weighted by Crippen LogP contribution is 2.45. The van der Waals surface area contributed by atoms with Gasteiger partial charge in [-0.25, -0.2) is 4.98 Å². The van der Waals surface area contributed by atoms with Gasteiger partial charge in [-0.2, -0.15) is 0 Å². The molecule has 1 N–H and O–H groups in total. The maximum Gasteiger partial charge on any atom is 0.301 e. The average molecular weight is 527 g/mol. The minimum atomic E-state index is -0.836. The van der Waals surface area contributed by atoms with Crippen LogP contribution in [0.4, 0.5) is 5.13 Å². The van der Waals surface area contributed by atoms with Crippen LogP contribution in [0.3, 0.4) is 0 Å². The number of benzene rings is 3. The van der Waals surface area contributed by atoms with Crippen molar-refractivity contribution in [3.63, 3.8) is 0 Å². The van der Waals surface area contributed by atoms with E-state index in [0.717, 1.165) is 26.9 Å². The zero-order chi connectivity index (χ0) is 27.4. The maximum absolute atomic E-state index is 13.6. The summed E-state index contributed by atoms with van der Waals surface area (Å²) in [6.07, 6.45) is 0. The van der Waals surface area contributed by atoms with Gasteiger partial charge in [-0.3, -0.25) is 14.5 Å². The Kier molecular flexibility index (Phi) is 6.35. The van der Waals surface area contributed by atoms with Gasteiger partial charge in [-0.15, -0.1) is 0 Å². The molecule has 1 amide bonds. The van der Waals surface area contributed by atoms with Crippen molar-refractivity contribution >= 4 is 44.1 Å². The number of hydrogen-bond acceptors (Lipinski definition) is 6. The molecule has 1 aromatic heterocycles. The molecule has 1 atom stereocenters. The van der Waals surface area contributed by atoms with E-state index in [-0.39, 0.29) is 16.7 Å². The third-order valence-electron chi connectivity index (χ3n) is 6.90. The van der Waals surface area contributed by atoms with E-state index < -0.39 is 17.7 Å². The number of aromatic nitrogens is 1. The molecular weight excluding hydrogens is 496 g/mol. The number of carbonyl (C=O) groups is 2. The van der Waals surface area contributed by atoms with Gasteiger partial charge in [0, 0.05) is 5.56 Å². The average Bonchev–Trinajstić information content (AvgIpc) is 3.41. The molecule has 0 aliphatic carbocycles. The van der Waals surface area contributed by atoms with E-state index in [4.69, 9.17) is 9.72 Å². The lowest BCUT2D eigenvalue weighted by Crippen LogP contribution is -2.29. The van der Waals surface area contributed by atoms with Gasteiger partial charge in [-0.05, 0) is 59.7 Å². The second-order valence-electron chi connectivity index (χ2n) is 10.7. The van der Waals surface area contributed by atoms with Crippen molar-refractivity contribution in [2.45, 2.75) is 46.1 Å². The number of Topliss-reactive ketones (excluding diaryl/α,β-unsaturated/α-hetero) is 1. The van der Waals surface area contributed by atoms with Crippen LogP contribution in [0.5, 0.6) is 5.75 Å². The molecule has 0 spiro atoms. The summed E-state index contributed by atoms with van der Waals surface area (Å²) in [6, 6.07) is 17.9. The molecule has 6 nitrogen and oxygen atoms in total. The van der Waals surface area contributed by atoms with E-state index in [0.29, 0.717) is 22.0 Å². The highest BCUT2D eigenvalue weighted by molar-refractivity contribution is 7.22. The number of aryl methyl sites for hydroxylation is 2. The summed E-state index contributed by atoms with van der Waals surface area (Å²) >= 11 is 1.37. The van der Waals surface area contributed by atoms with Gasteiger partial charge in [0.1, 0.15) is 11.5 Å². The van der Waals surface area contributed by atoms with Gasteiger partial charge in [0.25, 0.3) is 5.78 Å². The first kappa shape index (κ1) is 25.7. The number of ketones is 1. The number of anilines is 1. The first-order valence-corrected chi connectivity index (χ1v) is 13.2. The normalized spacial score (nSPS) is 17.4. The molecule has 4 aromatic rings. The Bertz CT molecular complexity index is 1610. The van der Waals surface area contributed by atoms with Crippen molar-refractivity contribution in [3.8, 4) is 5.75 Å². The summed E-state index contributed by atoms with van der Waals surface area (Å²) in [5, 5.41) is 11.9. The van der Waals surface area contributed by atoms with Gasteiger partial charge in [0.05, 0.1) is 28.9 Å². The number of carbonyl (C=O) groups excluding carboxylic acids is 2. The molecule has 0 saturated carbocycles. The zero-order valence-corrected chi connectivity index (χ0v) is 23.1. The van der Waals surface area contributed by atoms with Gasteiger partial charge in [-0.1, -0.05) is 74.6 Å². The zero-order valence-electron chi connectivity index (χ0n) is 22.3. The van der Waals surface area contributed by atoms with Crippen LogP contribution in [-0.2, 0) is 15.0 Å². The topological polar surface area (TPSA) is 79.7 Å². The van der Waals surface area contributed by atoms with E-state index in [1.165, 1.54) is 23.3 Å². The van der Waals surface area contributed by atoms with Crippen molar-refractivity contribution in [3.05, 3.63) is 94.1 Å². The Hall–Kier alpha value is -3.97. The summed E-state index contributed by atoms with van der Waals surface area (Å²) in [5.41, 5.74) is 5.09. The predicted molar refractivity (Wildman–Crippen MR) is 152 cm³/mol. The number of hydrogen-bond donors (Lipinski definition) is 1. The Balaban J connectivity index is 1.73. The van der Waals surface area contributed by atoms with Crippen LogP contribution in [0.2, 0.25) is 0 Å². The third-order valence-corrected chi connectivity index (χ3v) is 7.91. The lowest BCUT2D eigenvalue weighted by atomic mass is 9.85. The van der Waals surface area contributed by atoms with Crippen molar-refractivity contribution in [2.24, 2.45) is 0 Å². The summed E-state index contributed by atoms with van der Waals surface area (Å²) in [5.74, 6) is -1.18. The summed E-state index contributed by atoms with van der Waals surface area (Å²) < 4.78 is 6.25. The minimum absolute atomic E-state index is 0.0268. The van der Waals surface area contributed by atoms with Crippen LogP contribution in [0.25, 0.3) is 16.0 Å². The number of aliphatic hydroxyl groups is 1. The fraction of sp³-hybridized carbons (Fsp3) is 0.258. The molecule has 2 heterocycles. The molecule has 1 aliphatic heterocycles. The van der Waals surface area contributed by atoms with E-state index in [1.54, 1.807) is 24.3 Å². The maximum atomic E-state index is 13.6. The Morgan fingerprint density at radius 2 is 1.74 bits per heavy atom. The SMILES string of the molecule is COc1cccc(/C(O)=C2\C(=O)C(=O)N(c3nc4c(C)cc(C)cc4s3)C2c2ccc(C(C)(C)C)cc2)c1. The summed E-state index contributed by atoms with van der Waals surface area (Å²) in [6.45, 7) is 10.4. The minimum Gasteiger partial charge on any atom is -0.507 e. The number of ether oxygens (including phenoxy) is 1. The molecule has 38 heavy (non-hydrogen) atoms. The number of aliphatic hydroxyl groups excluding tert-OH is 1. The van der Waals surface area contributed by atoms with Gasteiger partial charge in [0.15, 0.2) is 5.13 Å². The quantitative estimate of drug-likeness (QED) is 0.179. The first-order valence-electron chi connectivity index (χ1n) is 12.4. The summed E-state index contributed by atoms with van der Waals surface area (Å²) in [4.78, 5) is 33.4. The van der Waals surface area contributed by atoms with Crippen molar-refractivity contribution in [1.82, 2.24) is 4.98 Å². The first-order chi connectivity index (χ1) is 18.0. The smallest absolute Gasteiger partial charge is 0.301 e. The highest BCUT2D eigenvalue weighted by atomic mass is 32.1. The highest BCUT2D eigenvalue weighted by Gasteiger charge is 2.48. The molecule has 7 heteroatoms. The molecule has 1 fully saturated rings. The molecule has 1 unspecified atom stereocenters. The fourth-order valence-corrected chi connectivity index (χ4v) is 6.07. The lowest BCUT2D eigenvalue weighted by molar-refractivity contribution is -0.132. The van der Waals surface area contributed by atoms with Crippen LogP contribution < -0.4 is 9.64 Å². The number of methoxy groups -OCH3 is 1. The second-order valence-corrected chi connectivity index (χ2v) is 11.7. The second kappa shape index (κ2) is 9.40. The number of nitrogens with zero attached hydrogens (tertiary/aromatic N) is 2. The van der Waals surface area contributed by atoms with Crippen LogP contribution in [0.15, 0.2) is 66.2 Å². The van der Waals surface area contributed by atoms with Crippen molar-refractivity contribution in [1.29, 1.82) is 0 Å². The molecule has 1 aliphatic rings. The largest absolute Gasteiger partial charge is 0.507 e. The molecule has 0 radical (unpaired) electrons. The number of fused-ring (bicyclic) bond motifs is 1. The molecule has 5 rings (SSSR count). The number of rotatable bonds is 4. The van der Waals surface area contributed by atoms with E-state index in [2.05, 4.69) is 20.8 Å². The molecule has 1 saturated heterocycles. The lowest BCUT2D eigenvalue weighted by Gasteiger charge is -2.24. The molecular formula is C31H30N2O4S. The predicted octanol–water partition coefficient (Wildman–Crippen LogP) is 6.85. The molecule has 3 aromatic carbocycles. The third kappa shape index (κ3) is 4.37. The van der Waals surface area contributed by atoms with Gasteiger partial charge < -0.3 is 9.84 Å². The Morgan fingerprint density at radius 3 is 2.39 bits per heavy atom. The standard InChI is InChI=1S/C31H30N2O4S/c1-17-14-18(2)25-23(15-17)38-30(32-25)33-26(19-10-12-21(13-11-19)31(3,4)5)24(28(35)29(33)36)27(34)20-8-7-9-22(16-20)37-6/h7-16,26,34H,1-6H3/b27-24+. The number of thiazole rings is 1. The Morgan fingerprint density at radius 1 is 1.03 bits per heavy atom. The van der Waals surface area contributed by atoms with Crippen LogP contribution >= 0.6 is 11.3 Å². The van der Waals surface area contributed by atoms with E-state index in [9.17, 15) is 14.7 Å². The van der Waals surface area contributed by atoms with Crippen LogP contribution in [-0.4, -0.2) is 28.9 Å². The van der Waals surface area contributed by atoms with Gasteiger partial charge >= 0.3 is 5.91 Å².